The average Bonchev–Trinajstić information content (AvgIpc) is 3.20. The third-order valence-corrected chi connectivity index (χ3v) is 6.39. The van der Waals surface area contributed by atoms with Crippen LogP contribution in [0.2, 0.25) is 0 Å². The van der Waals surface area contributed by atoms with Crippen molar-refractivity contribution < 1.29 is 0 Å². The number of aromatic amines is 1. The van der Waals surface area contributed by atoms with E-state index in [0.29, 0.717) is 10.6 Å². The molecule has 0 bridgehead atoms. The summed E-state index contributed by atoms with van der Waals surface area (Å²) in [5.74, 6) is 0.678. The van der Waals surface area contributed by atoms with Gasteiger partial charge in [0.1, 0.15) is 4.70 Å². The van der Waals surface area contributed by atoms with E-state index in [2.05, 4.69) is 51.2 Å². The van der Waals surface area contributed by atoms with E-state index in [9.17, 15) is 4.79 Å². The van der Waals surface area contributed by atoms with Gasteiger partial charge in [-0.15, -0.1) is 11.3 Å². The lowest BCUT2D eigenvalue weighted by molar-refractivity contribution is 0.248. The summed E-state index contributed by atoms with van der Waals surface area (Å²) in [5.41, 5.74) is 4.20. The molecular weight excluding hydrogens is 380 g/mol. The predicted octanol–water partition coefficient (Wildman–Crippen LogP) is 3.97. The molecular formula is C23H22N4OS. The van der Waals surface area contributed by atoms with Crippen LogP contribution < -0.4 is 10.5 Å². The monoisotopic (exact) mass is 402 g/mol. The van der Waals surface area contributed by atoms with Gasteiger partial charge in [0, 0.05) is 43.7 Å². The van der Waals surface area contributed by atoms with Crippen molar-refractivity contribution in [3.63, 3.8) is 0 Å². The van der Waals surface area contributed by atoms with E-state index < -0.39 is 0 Å². The molecule has 0 unspecified atom stereocenters. The number of rotatable bonds is 4. The van der Waals surface area contributed by atoms with Crippen LogP contribution in [0, 0.1) is 0 Å². The van der Waals surface area contributed by atoms with Gasteiger partial charge in [-0.1, -0.05) is 60.7 Å². The minimum Gasteiger partial charge on any atom is -0.340 e. The van der Waals surface area contributed by atoms with Crippen LogP contribution in [-0.4, -0.2) is 41.0 Å². The Labute approximate surface area is 173 Å². The number of H-pyrrole nitrogens is 1. The SMILES string of the molecule is O=c1[nH]c(N2CCN(Cc3ccccc3)CC2)nc2c(-c3ccccc3)csc12. The van der Waals surface area contributed by atoms with E-state index in [1.807, 2.05) is 29.6 Å². The first-order valence-corrected chi connectivity index (χ1v) is 10.7. The average molecular weight is 403 g/mol. The van der Waals surface area contributed by atoms with Crippen molar-refractivity contribution in [2.75, 3.05) is 31.1 Å². The number of piperazine rings is 1. The molecule has 0 aliphatic carbocycles. The second-order valence-corrected chi connectivity index (χ2v) is 8.21. The van der Waals surface area contributed by atoms with E-state index in [1.54, 1.807) is 0 Å². The second-order valence-electron chi connectivity index (χ2n) is 7.33. The van der Waals surface area contributed by atoms with Gasteiger partial charge < -0.3 is 4.90 Å². The maximum Gasteiger partial charge on any atom is 0.270 e. The smallest absolute Gasteiger partial charge is 0.270 e. The molecule has 1 fully saturated rings. The quantitative estimate of drug-likeness (QED) is 0.561. The van der Waals surface area contributed by atoms with Crippen LogP contribution in [0.1, 0.15) is 5.56 Å². The van der Waals surface area contributed by atoms with Gasteiger partial charge in [0.05, 0.1) is 5.52 Å². The highest BCUT2D eigenvalue weighted by atomic mass is 32.1. The summed E-state index contributed by atoms with van der Waals surface area (Å²) in [6, 6.07) is 20.7. The maximum absolute atomic E-state index is 12.7. The molecule has 2 aromatic carbocycles. The van der Waals surface area contributed by atoms with E-state index in [-0.39, 0.29) is 5.56 Å². The summed E-state index contributed by atoms with van der Waals surface area (Å²) in [4.78, 5) is 25.2. The molecule has 0 spiro atoms. The predicted molar refractivity (Wildman–Crippen MR) is 120 cm³/mol. The Bertz CT molecular complexity index is 1160. The second kappa shape index (κ2) is 7.81. The Morgan fingerprint density at radius 2 is 1.62 bits per heavy atom. The number of anilines is 1. The zero-order valence-corrected chi connectivity index (χ0v) is 16.9. The van der Waals surface area contributed by atoms with E-state index in [1.165, 1.54) is 16.9 Å². The minimum absolute atomic E-state index is 0.0519. The van der Waals surface area contributed by atoms with Crippen LogP contribution in [0.3, 0.4) is 0 Å². The zero-order chi connectivity index (χ0) is 19.6. The van der Waals surface area contributed by atoms with Crippen molar-refractivity contribution in [1.29, 1.82) is 0 Å². The Kier molecular flexibility index (Phi) is 4.87. The van der Waals surface area contributed by atoms with Gasteiger partial charge >= 0.3 is 0 Å². The Balaban J connectivity index is 1.38. The van der Waals surface area contributed by atoms with Gasteiger partial charge in [0.2, 0.25) is 5.95 Å². The molecule has 1 aliphatic rings. The molecule has 4 aromatic rings. The van der Waals surface area contributed by atoms with Gasteiger partial charge in [-0.3, -0.25) is 14.7 Å². The Hall–Kier alpha value is -2.96. The maximum atomic E-state index is 12.7. The van der Waals surface area contributed by atoms with Crippen molar-refractivity contribution in [3.05, 3.63) is 82.0 Å². The van der Waals surface area contributed by atoms with Crippen molar-refractivity contribution >= 4 is 27.5 Å². The zero-order valence-electron chi connectivity index (χ0n) is 16.0. The third kappa shape index (κ3) is 3.69. The van der Waals surface area contributed by atoms with Gasteiger partial charge in [0.15, 0.2) is 0 Å². The number of hydrogen-bond donors (Lipinski definition) is 1. The molecule has 0 atom stereocenters. The Morgan fingerprint density at radius 1 is 0.931 bits per heavy atom. The fourth-order valence-corrected chi connectivity index (χ4v) is 4.76. The van der Waals surface area contributed by atoms with Crippen molar-refractivity contribution in [2.45, 2.75) is 6.54 Å². The van der Waals surface area contributed by atoms with E-state index in [4.69, 9.17) is 4.98 Å². The summed E-state index contributed by atoms with van der Waals surface area (Å²) < 4.78 is 0.690. The van der Waals surface area contributed by atoms with Gasteiger partial charge in [-0.05, 0) is 11.1 Å². The molecule has 0 radical (unpaired) electrons. The first-order valence-electron chi connectivity index (χ1n) is 9.86. The van der Waals surface area contributed by atoms with E-state index in [0.717, 1.165) is 49.4 Å². The lowest BCUT2D eigenvalue weighted by Crippen LogP contribution is -2.46. The molecule has 1 aliphatic heterocycles. The first kappa shape index (κ1) is 18.1. The Morgan fingerprint density at radius 3 is 2.34 bits per heavy atom. The van der Waals surface area contributed by atoms with Crippen LogP contribution in [0.15, 0.2) is 70.8 Å². The lowest BCUT2D eigenvalue weighted by atomic mass is 10.1. The molecule has 29 heavy (non-hydrogen) atoms. The van der Waals surface area contributed by atoms with Crippen LogP contribution in [0.5, 0.6) is 0 Å². The number of aromatic nitrogens is 2. The summed E-state index contributed by atoms with van der Waals surface area (Å²) >= 11 is 1.46. The first-order chi connectivity index (χ1) is 14.3. The number of thiophene rings is 1. The molecule has 6 heteroatoms. The number of nitrogens with zero attached hydrogens (tertiary/aromatic N) is 3. The number of nitrogens with one attached hydrogen (secondary N) is 1. The normalized spacial score (nSPS) is 15.1. The van der Waals surface area contributed by atoms with Gasteiger partial charge in [0.25, 0.3) is 5.56 Å². The van der Waals surface area contributed by atoms with Crippen molar-refractivity contribution in [3.8, 4) is 11.1 Å². The van der Waals surface area contributed by atoms with Crippen molar-refractivity contribution in [2.24, 2.45) is 0 Å². The molecule has 3 heterocycles. The molecule has 5 rings (SSSR count). The largest absolute Gasteiger partial charge is 0.340 e. The van der Waals surface area contributed by atoms with Crippen molar-refractivity contribution in [1.82, 2.24) is 14.9 Å². The van der Waals surface area contributed by atoms with Gasteiger partial charge in [-0.2, -0.15) is 0 Å². The summed E-state index contributed by atoms with van der Waals surface area (Å²) in [6.07, 6.45) is 0. The number of fused-ring (bicyclic) bond motifs is 1. The van der Waals surface area contributed by atoms with Crippen LogP contribution in [0.25, 0.3) is 21.3 Å². The molecule has 0 amide bonds. The topological polar surface area (TPSA) is 52.2 Å². The fourth-order valence-electron chi connectivity index (χ4n) is 3.85. The third-order valence-electron chi connectivity index (χ3n) is 5.42. The molecule has 1 saturated heterocycles. The van der Waals surface area contributed by atoms with E-state index >= 15 is 0 Å². The van der Waals surface area contributed by atoms with Crippen LogP contribution in [0.4, 0.5) is 5.95 Å². The summed E-state index contributed by atoms with van der Waals surface area (Å²) in [6.45, 7) is 4.57. The van der Waals surface area contributed by atoms with Gasteiger partial charge in [-0.25, -0.2) is 4.98 Å². The highest BCUT2D eigenvalue weighted by Gasteiger charge is 2.21. The summed E-state index contributed by atoms with van der Waals surface area (Å²) in [5, 5.41) is 2.03. The molecule has 1 N–H and O–H groups in total. The highest BCUT2D eigenvalue weighted by Crippen LogP contribution is 2.31. The lowest BCUT2D eigenvalue weighted by Gasteiger charge is -2.35. The molecule has 5 nitrogen and oxygen atoms in total. The minimum atomic E-state index is -0.0519. The molecule has 0 saturated carbocycles. The molecule has 2 aromatic heterocycles. The van der Waals surface area contributed by atoms with Crippen LogP contribution in [-0.2, 0) is 6.54 Å². The molecule has 146 valence electrons. The highest BCUT2D eigenvalue weighted by molar-refractivity contribution is 7.17. The standard InChI is InChI=1S/C23H22N4OS/c28-22-21-20(19(16-29-21)18-9-5-2-6-10-18)24-23(25-22)27-13-11-26(12-14-27)15-17-7-3-1-4-8-17/h1-10,16H,11-15H2,(H,24,25,28). The summed E-state index contributed by atoms with van der Waals surface area (Å²) in [7, 11) is 0. The number of benzene rings is 2. The fraction of sp³-hybridized carbons (Fsp3) is 0.217. The van der Waals surface area contributed by atoms with Crippen LogP contribution >= 0.6 is 11.3 Å². The number of hydrogen-bond acceptors (Lipinski definition) is 5.